The monoisotopic (exact) mass is 402 g/mol. The lowest BCUT2D eigenvalue weighted by Gasteiger charge is -2.11. The quantitative estimate of drug-likeness (QED) is 0.590. The summed E-state index contributed by atoms with van der Waals surface area (Å²) in [5.41, 5.74) is 1.57. The van der Waals surface area contributed by atoms with Crippen molar-refractivity contribution in [3.05, 3.63) is 65.4 Å². The molecule has 27 heavy (non-hydrogen) atoms. The number of carbonyl (C=O) groups excluding carboxylic acids is 1. The largest absolute Gasteiger partial charge is 0.393 e. The van der Waals surface area contributed by atoms with E-state index in [-0.39, 0.29) is 11.7 Å². The van der Waals surface area contributed by atoms with Gasteiger partial charge in [0.1, 0.15) is 5.82 Å². The molecule has 0 saturated carbocycles. The first-order valence-electron chi connectivity index (χ1n) is 8.39. The van der Waals surface area contributed by atoms with Crippen LogP contribution in [0.15, 0.2) is 59.8 Å². The Labute approximate surface area is 166 Å². The van der Waals surface area contributed by atoms with Crippen LogP contribution < -0.4 is 5.32 Å². The third kappa shape index (κ3) is 5.32. The standard InChI is InChI=1S/C19H19ClN4O2S/c1-13(25)11-17-22-23-19(24(17)16-5-3-2-4-6-16)27-12-18(26)21-15-9-7-14(20)8-10-15/h2-10,13,25H,11-12H2,1H3,(H,21,26). The summed E-state index contributed by atoms with van der Waals surface area (Å²) in [6.07, 6.45) is -0.165. The van der Waals surface area contributed by atoms with Crippen LogP contribution in [0, 0.1) is 0 Å². The average Bonchev–Trinajstić information content (AvgIpc) is 3.04. The maximum Gasteiger partial charge on any atom is 0.234 e. The number of benzene rings is 2. The Morgan fingerprint density at radius 2 is 1.89 bits per heavy atom. The maximum absolute atomic E-state index is 12.2. The molecule has 2 N–H and O–H groups in total. The maximum atomic E-state index is 12.2. The Balaban J connectivity index is 1.73. The third-order valence-electron chi connectivity index (χ3n) is 3.65. The molecule has 0 aliphatic heterocycles. The summed E-state index contributed by atoms with van der Waals surface area (Å²) in [4.78, 5) is 12.2. The number of carbonyl (C=O) groups is 1. The van der Waals surface area contributed by atoms with E-state index in [1.165, 1.54) is 11.8 Å². The van der Waals surface area contributed by atoms with Crippen LogP contribution in [0.3, 0.4) is 0 Å². The summed E-state index contributed by atoms with van der Waals surface area (Å²) >= 11 is 7.14. The van der Waals surface area contributed by atoms with E-state index >= 15 is 0 Å². The van der Waals surface area contributed by atoms with Crippen molar-refractivity contribution >= 4 is 35.0 Å². The van der Waals surface area contributed by atoms with Gasteiger partial charge in [-0.15, -0.1) is 10.2 Å². The number of hydrogen-bond donors (Lipinski definition) is 2. The SMILES string of the molecule is CC(O)Cc1nnc(SCC(=O)Nc2ccc(Cl)cc2)n1-c1ccccc1. The highest BCUT2D eigenvalue weighted by molar-refractivity contribution is 7.99. The number of para-hydroxylation sites is 1. The molecule has 140 valence electrons. The molecule has 0 spiro atoms. The smallest absolute Gasteiger partial charge is 0.234 e. The van der Waals surface area contributed by atoms with Crippen molar-refractivity contribution in [2.45, 2.75) is 24.6 Å². The minimum atomic E-state index is -0.539. The van der Waals surface area contributed by atoms with Gasteiger partial charge in [0.15, 0.2) is 5.16 Å². The van der Waals surface area contributed by atoms with E-state index in [1.807, 2.05) is 34.9 Å². The highest BCUT2D eigenvalue weighted by Gasteiger charge is 2.17. The van der Waals surface area contributed by atoms with E-state index < -0.39 is 6.10 Å². The summed E-state index contributed by atoms with van der Waals surface area (Å²) in [5.74, 6) is 0.682. The molecule has 0 aliphatic carbocycles. The summed E-state index contributed by atoms with van der Waals surface area (Å²) < 4.78 is 1.87. The highest BCUT2D eigenvalue weighted by atomic mass is 35.5. The second-order valence-corrected chi connectivity index (χ2v) is 7.35. The van der Waals surface area contributed by atoms with E-state index in [4.69, 9.17) is 11.6 Å². The number of nitrogens with one attached hydrogen (secondary N) is 1. The predicted octanol–water partition coefficient (Wildman–Crippen LogP) is 3.57. The zero-order valence-electron chi connectivity index (χ0n) is 14.7. The summed E-state index contributed by atoms with van der Waals surface area (Å²) in [6.45, 7) is 1.70. The van der Waals surface area contributed by atoms with Gasteiger partial charge in [-0.25, -0.2) is 0 Å². The van der Waals surface area contributed by atoms with Crippen molar-refractivity contribution < 1.29 is 9.90 Å². The molecular formula is C19H19ClN4O2S. The minimum absolute atomic E-state index is 0.151. The van der Waals surface area contributed by atoms with E-state index in [0.29, 0.717) is 28.1 Å². The lowest BCUT2D eigenvalue weighted by atomic mass is 10.2. The molecular weight excluding hydrogens is 384 g/mol. The molecule has 3 rings (SSSR count). The van der Waals surface area contributed by atoms with Crippen LogP contribution in [0.25, 0.3) is 5.69 Å². The third-order valence-corrected chi connectivity index (χ3v) is 4.83. The fourth-order valence-corrected chi connectivity index (χ4v) is 3.38. The number of thioether (sulfide) groups is 1. The number of hydrogen-bond acceptors (Lipinski definition) is 5. The molecule has 1 heterocycles. The number of rotatable bonds is 7. The Kier molecular flexibility index (Phi) is 6.49. The number of aromatic nitrogens is 3. The van der Waals surface area contributed by atoms with Gasteiger partial charge in [0.2, 0.25) is 5.91 Å². The van der Waals surface area contributed by atoms with Gasteiger partial charge in [0.05, 0.1) is 11.9 Å². The first-order valence-corrected chi connectivity index (χ1v) is 9.75. The molecule has 0 aliphatic rings. The van der Waals surface area contributed by atoms with Gasteiger partial charge < -0.3 is 10.4 Å². The number of nitrogens with zero attached hydrogens (tertiary/aromatic N) is 3. The van der Waals surface area contributed by atoms with Crippen LogP contribution in [0.1, 0.15) is 12.7 Å². The van der Waals surface area contributed by atoms with Crippen LogP contribution in [-0.2, 0) is 11.2 Å². The molecule has 0 radical (unpaired) electrons. The van der Waals surface area contributed by atoms with Gasteiger partial charge in [-0.2, -0.15) is 0 Å². The van der Waals surface area contributed by atoms with Crippen LogP contribution >= 0.6 is 23.4 Å². The Morgan fingerprint density at radius 1 is 1.19 bits per heavy atom. The number of anilines is 1. The van der Waals surface area contributed by atoms with Crippen LogP contribution in [0.2, 0.25) is 5.02 Å². The fourth-order valence-electron chi connectivity index (χ4n) is 2.49. The molecule has 8 heteroatoms. The second-order valence-electron chi connectivity index (χ2n) is 5.97. The molecule has 1 amide bonds. The Bertz CT molecular complexity index is 898. The Hall–Kier alpha value is -2.35. The van der Waals surface area contributed by atoms with Gasteiger partial charge in [0.25, 0.3) is 0 Å². The van der Waals surface area contributed by atoms with Gasteiger partial charge in [-0.3, -0.25) is 9.36 Å². The average molecular weight is 403 g/mol. The molecule has 0 fully saturated rings. The van der Waals surface area contributed by atoms with E-state index in [9.17, 15) is 9.90 Å². The minimum Gasteiger partial charge on any atom is -0.393 e. The molecule has 0 bridgehead atoms. The number of aliphatic hydroxyl groups excluding tert-OH is 1. The van der Waals surface area contributed by atoms with Gasteiger partial charge in [0, 0.05) is 22.8 Å². The summed E-state index contributed by atoms with van der Waals surface area (Å²) in [6, 6.07) is 16.6. The molecule has 1 atom stereocenters. The fraction of sp³-hybridized carbons (Fsp3) is 0.211. The zero-order chi connectivity index (χ0) is 19.2. The number of halogens is 1. The second kappa shape index (κ2) is 9.03. The number of aliphatic hydroxyl groups is 1. The van der Waals surface area contributed by atoms with Crippen molar-refractivity contribution in [2.75, 3.05) is 11.1 Å². The first-order chi connectivity index (χ1) is 13.0. The van der Waals surface area contributed by atoms with Crippen LogP contribution in [-0.4, -0.2) is 37.6 Å². The highest BCUT2D eigenvalue weighted by Crippen LogP contribution is 2.23. The van der Waals surface area contributed by atoms with Crippen LogP contribution in [0.5, 0.6) is 0 Å². The van der Waals surface area contributed by atoms with E-state index in [2.05, 4.69) is 15.5 Å². The topological polar surface area (TPSA) is 80.0 Å². The molecule has 2 aromatic carbocycles. The van der Waals surface area contributed by atoms with Crippen molar-refractivity contribution in [1.29, 1.82) is 0 Å². The summed E-state index contributed by atoms with van der Waals surface area (Å²) in [5, 5.41) is 22.2. The molecule has 1 unspecified atom stereocenters. The van der Waals surface area contributed by atoms with Gasteiger partial charge in [-0.05, 0) is 43.3 Å². The predicted molar refractivity (Wildman–Crippen MR) is 108 cm³/mol. The van der Waals surface area contributed by atoms with Crippen molar-refractivity contribution in [1.82, 2.24) is 14.8 Å². The lowest BCUT2D eigenvalue weighted by molar-refractivity contribution is -0.113. The van der Waals surface area contributed by atoms with Crippen LogP contribution in [0.4, 0.5) is 5.69 Å². The molecule has 6 nitrogen and oxygen atoms in total. The van der Waals surface area contributed by atoms with Crippen molar-refractivity contribution in [2.24, 2.45) is 0 Å². The first kappa shape index (κ1) is 19.4. The zero-order valence-corrected chi connectivity index (χ0v) is 16.2. The molecule has 0 saturated heterocycles. The van der Waals surface area contributed by atoms with Crippen molar-refractivity contribution in [3.63, 3.8) is 0 Å². The molecule has 1 aromatic heterocycles. The molecule has 3 aromatic rings. The Morgan fingerprint density at radius 3 is 2.56 bits per heavy atom. The lowest BCUT2D eigenvalue weighted by Crippen LogP contribution is -2.15. The van der Waals surface area contributed by atoms with Gasteiger partial charge in [-0.1, -0.05) is 41.6 Å². The summed E-state index contributed by atoms with van der Waals surface area (Å²) in [7, 11) is 0. The van der Waals surface area contributed by atoms with E-state index in [1.54, 1.807) is 31.2 Å². The van der Waals surface area contributed by atoms with Gasteiger partial charge >= 0.3 is 0 Å². The van der Waals surface area contributed by atoms with E-state index in [0.717, 1.165) is 5.69 Å². The normalized spacial score (nSPS) is 12.0. The number of amides is 1. The van der Waals surface area contributed by atoms with Crippen molar-refractivity contribution in [3.8, 4) is 5.69 Å².